The van der Waals surface area contributed by atoms with Crippen LogP contribution in [0, 0.1) is 5.82 Å². The Hall–Kier alpha value is -2.77. The van der Waals surface area contributed by atoms with Crippen LogP contribution in [0.1, 0.15) is 22.8 Å². The van der Waals surface area contributed by atoms with Gasteiger partial charge in [-0.05, 0) is 31.2 Å². The molecular formula is C21H24FN2O4+. The quantitative estimate of drug-likeness (QED) is 0.736. The van der Waals surface area contributed by atoms with E-state index >= 15 is 0 Å². The van der Waals surface area contributed by atoms with Crippen molar-refractivity contribution in [1.82, 2.24) is 0 Å². The molecule has 0 aromatic heterocycles. The number of carbonyl (C=O) groups excluding carboxylic acids is 2. The van der Waals surface area contributed by atoms with Crippen LogP contribution < -0.4 is 10.2 Å². The summed E-state index contributed by atoms with van der Waals surface area (Å²) in [7, 11) is 0. The monoisotopic (exact) mass is 387 g/mol. The Bertz CT molecular complexity index is 819. The average molecular weight is 387 g/mol. The Morgan fingerprint density at radius 2 is 1.82 bits per heavy atom. The summed E-state index contributed by atoms with van der Waals surface area (Å²) in [6, 6.07) is 13.0. The molecule has 1 atom stereocenters. The van der Waals surface area contributed by atoms with Gasteiger partial charge in [0.15, 0.2) is 6.10 Å². The minimum Gasteiger partial charge on any atom is -0.449 e. The number of hydrogen-bond donors (Lipinski definition) is 2. The summed E-state index contributed by atoms with van der Waals surface area (Å²) in [5.74, 6) is -1.74. The summed E-state index contributed by atoms with van der Waals surface area (Å²) in [5, 5.41) is 2.42. The number of ether oxygens (including phenoxy) is 2. The van der Waals surface area contributed by atoms with Gasteiger partial charge in [0.2, 0.25) is 0 Å². The molecule has 2 aromatic carbocycles. The first kappa shape index (κ1) is 20.0. The molecule has 28 heavy (non-hydrogen) atoms. The van der Waals surface area contributed by atoms with Crippen LogP contribution in [0.2, 0.25) is 0 Å². The van der Waals surface area contributed by atoms with Crippen molar-refractivity contribution in [3.8, 4) is 0 Å². The second-order valence-corrected chi connectivity index (χ2v) is 6.75. The van der Waals surface area contributed by atoms with Gasteiger partial charge in [-0.2, -0.15) is 0 Å². The maximum absolute atomic E-state index is 13.6. The third kappa shape index (κ3) is 5.37. The van der Waals surface area contributed by atoms with Crippen molar-refractivity contribution in [2.24, 2.45) is 0 Å². The van der Waals surface area contributed by atoms with Gasteiger partial charge in [-0.3, -0.25) is 4.79 Å². The number of carbonyl (C=O) groups is 2. The predicted molar refractivity (Wildman–Crippen MR) is 102 cm³/mol. The predicted octanol–water partition coefficient (Wildman–Crippen LogP) is 1.42. The van der Waals surface area contributed by atoms with Gasteiger partial charge >= 0.3 is 5.97 Å². The van der Waals surface area contributed by atoms with Crippen LogP contribution in [0.15, 0.2) is 48.5 Å². The van der Waals surface area contributed by atoms with Crippen molar-refractivity contribution < 1.29 is 28.4 Å². The largest absolute Gasteiger partial charge is 0.449 e. The molecule has 0 saturated carbocycles. The number of benzene rings is 2. The van der Waals surface area contributed by atoms with Crippen molar-refractivity contribution >= 4 is 17.6 Å². The van der Waals surface area contributed by atoms with E-state index < -0.39 is 23.8 Å². The van der Waals surface area contributed by atoms with E-state index in [1.54, 1.807) is 18.2 Å². The van der Waals surface area contributed by atoms with Crippen molar-refractivity contribution in [2.75, 3.05) is 31.6 Å². The van der Waals surface area contributed by atoms with Gasteiger partial charge in [-0.1, -0.05) is 24.3 Å². The van der Waals surface area contributed by atoms with E-state index in [0.29, 0.717) is 5.56 Å². The molecule has 3 rings (SSSR count). The Labute approximate surface area is 163 Å². The number of para-hydroxylation sites is 1. The number of quaternary nitrogens is 1. The van der Waals surface area contributed by atoms with E-state index in [4.69, 9.17) is 9.47 Å². The maximum Gasteiger partial charge on any atom is 0.338 e. The summed E-state index contributed by atoms with van der Waals surface area (Å²) >= 11 is 0. The second kappa shape index (κ2) is 9.43. The number of morpholine rings is 1. The van der Waals surface area contributed by atoms with Crippen molar-refractivity contribution in [3.63, 3.8) is 0 Å². The minimum atomic E-state index is -1.05. The van der Waals surface area contributed by atoms with Crippen molar-refractivity contribution in [2.45, 2.75) is 19.6 Å². The Morgan fingerprint density at radius 3 is 2.50 bits per heavy atom. The van der Waals surface area contributed by atoms with E-state index in [0.717, 1.165) is 38.4 Å². The number of rotatable bonds is 6. The molecule has 0 aliphatic carbocycles. The molecular weight excluding hydrogens is 363 g/mol. The first-order chi connectivity index (χ1) is 13.5. The summed E-state index contributed by atoms with van der Waals surface area (Å²) < 4.78 is 24.2. The fraction of sp³-hybridized carbons (Fsp3) is 0.333. The fourth-order valence-corrected chi connectivity index (χ4v) is 2.96. The van der Waals surface area contributed by atoms with Crippen LogP contribution >= 0.6 is 0 Å². The third-order valence-corrected chi connectivity index (χ3v) is 4.63. The van der Waals surface area contributed by atoms with Gasteiger partial charge in [0.25, 0.3) is 5.91 Å². The molecule has 1 amide bonds. The topological polar surface area (TPSA) is 69.1 Å². The Kier molecular flexibility index (Phi) is 6.73. The van der Waals surface area contributed by atoms with Gasteiger partial charge in [-0.15, -0.1) is 0 Å². The maximum atomic E-state index is 13.6. The molecule has 1 fully saturated rings. The van der Waals surface area contributed by atoms with Gasteiger partial charge in [0.05, 0.1) is 24.5 Å². The van der Waals surface area contributed by atoms with Crippen LogP contribution in [0.4, 0.5) is 10.1 Å². The Morgan fingerprint density at radius 1 is 1.14 bits per heavy atom. The number of halogens is 1. The molecule has 0 bridgehead atoms. The van der Waals surface area contributed by atoms with E-state index in [9.17, 15) is 14.0 Å². The zero-order chi connectivity index (χ0) is 19.9. The standard InChI is InChI=1S/C21H23FN2O4/c1-15(20(25)23-19-5-3-2-4-18(19)22)28-21(26)17-8-6-16(7-9-17)14-24-10-12-27-13-11-24/h2-9,15H,10-14H2,1H3,(H,23,25)/p+1/t15-/m1/s1. The molecule has 2 N–H and O–H groups in total. The summed E-state index contributed by atoms with van der Waals surface area (Å²) in [6.07, 6.45) is -1.05. The number of esters is 1. The van der Waals surface area contributed by atoms with Crippen LogP contribution in [-0.4, -0.2) is 44.3 Å². The lowest BCUT2D eigenvalue weighted by Gasteiger charge is -2.23. The van der Waals surface area contributed by atoms with Crippen molar-refractivity contribution in [1.29, 1.82) is 0 Å². The van der Waals surface area contributed by atoms with E-state index in [1.165, 1.54) is 30.0 Å². The number of hydrogen-bond acceptors (Lipinski definition) is 4. The summed E-state index contributed by atoms with van der Waals surface area (Å²) in [5.41, 5.74) is 1.54. The van der Waals surface area contributed by atoms with E-state index in [2.05, 4.69) is 5.32 Å². The number of anilines is 1. The average Bonchev–Trinajstić information content (AvgIpc) is 2.71. The minimum absolute atomic E-state index is 0.0466. The molecule has 1 heterocycles. The zero-order valence-corrected chi connectivity index (χ0v) is 15.7. The molecule has 1 aliphatic rings. The SMILES string of the molecule is C[C@@H](OC(=O)c1ccc(C[NH+]2CCOCC2)cc1)C(=O)Nc1ccccc1F. The van der Waals surface area contributed by atoms with Crippen LogP contribution in [0.25, 0.3) is 0 Å². The van der Waals surface area contributed by atoms with E-state index in [1.807, 2.05) is 12.1 Å². The molecule has 0 unspecified atom stereocenters. The third-order valence-electron chi connectivity index (χ3n) is 4.63. The summed E-state index contributed by atoms with van der Waals surface area (Å²) in [4.78, 5) is 25.9. The van der Waals surface area contributed by atoms with Crippen LogP contribution in [0.3, 0.4) is 0 Å². The highest BCUT2D eigenvalue weighted by atomic mass is 19.1. The molecule has 1 saturated heterocycles. The van der Waals surface area contributed by atoms with Crippen molar-refractivity contribution in [3.05, 3.63) is 65.5 Å². The summed E-state index contributed by atoms with van der Waals surface area (Å²) in [6.45, 7) is 5.81. The van der Waals surface area contributed by atoms with Gasteiger partial charge in [0.1, 0.15) is 25.5 Å². The molecule has 2 aromatic rings. The molecule has 148 valence electrons. The number of amides is 1. The zero-order valence-electron chi connectivity index (χ0n) is 15.7. The highest BCUT2D eigenvalue weighted by molar-refractivity contribution is 5.97. The van der Waals surface area contributed by atoms with Gasteiger partial charge < -0.3 is 19.7 Å². The number of nitrogens with one attached hydrogen (secondary N) is 2. The molecule has 7 heteroatoms. The van der Waals surface area contributed by atoms with E-state index in [-0.39, 0.29) is 5.69 Å². The smallest absolute Gasteiger partial charge is 0.338 e. The van der Waals surface area contributed by atoms with Crippen LogP contribution in [0.5, 0.6) is 0 Å². The molecule has 6 nitrogen and oxygen atoms in total. The lowest BCUT2D eigenvalue weighted by atomic mass is 10.1. The van der Waals surface area contributed by atoms with Gasteiger partial charge in [-0.25, -0.2) is 9.18 Å². The first-order valence-electron chi connectivity index (χ1n) is 9.29. The second-order valence-electron chi connectivity index (χ2n) is 6.75. The first-order valence-corrected chi connectivity index (χ1v) is 9.29. The normalized spacial score (nSPS) is 15.6. The highest BCUT2D eigenvalue weighted by Gasteiger charge is 2.20. The lowest BCUT2D eigenvalue weighted by Crippen LogP contribution is -3.12. The lowest BCUT2D eigenvalue weighted by molar-refractivity contribution is -0.921. The molecule has 1 aliphatic heterocycles. The highest BCUT2D eigenvalue weighted by Crippen LogP contribution is 2.14. The van der Waals surface area contributed by atoms with Gasteiger partial charge in [0, 0.05) is 5.56 Å². The Balaban J connectivity index is 1.53. The fourth-order valence-electron chi connectivity index (χ4n) is 2.96. The van der Waals surface area contributed by atoms with Crippen LogP contribution in [-0.2, 0) is 20.8 Å². The molecule has 0 spiro atoms. The molecule has 0 radical (unpaired) electrons.